The first-order chi connectivity index (χ1) is 10.4. The van der Waals surface area contributed by atoms with Crippen LogP contribution in [0.1, 0.15) is 5.56 Å². The molecule has 2 aromatic heterocycles. The fourth-order valence-electron chi connectivity index (χ4n) is 2.17. The van der Waals surface area contributed by atoms with Gasteiger partial charge in [-0.05, 0) is 19.1 Å². The molecule has 0 atom stereocenters. The van der Waals surface area contributed by atoms with E-state index < -0.39 is 9.84 Å². The molecule has 0 bridgehead atoms. The second kappa shape index (κ2) is 5.38. The quantitative estimate of drug-likeness (QED) is 0.745. The first kappa shape index (κ1) is 14.5. The molecule has 3 aromatic rings. The number of rotatable bonds is 3. The van der Waals surface area contributed by atoms with Crippen LogP contribution < -0.4 is 0 Å². The van der Waals surface area contributed by atoms with Crippen LogP contribution in [0.4, 0.5) is 0 Å². The molecule has 22 heavy (non-hydrogen) atoms. The number of aryl methyl sites for hydroxylation is 1. The van der Waals surface area contributed by atoms with E-state index in [1.165, 1.54) is 17.8 Å². The normalized spacial score (nSPS) is 11.5. The number of sulfone groups is 1. The van der Waals surface area contributed by atoms with Crippen molar-refractivity contribution in [1.82, 2.24) is 14.5 Å². The Morgan fingerprint density at radius 1 is 1.00 bits per heavy atom. The second-order valence-electron chi connectivity index (χ2n) is 5.14. The summed E-state index contributed by atoms with van der Waals surface area (Å²) in [4.78, 5) is 8.20. The van der Waals surface area contributed by atoms with E-state index in [0.717, 1.165) is 23.2 Å². The van der Waals surface area contributed by atoms with Gasteiger partial charge in [-0.3, -0.25) is 4.57 Å². The van der Waals surface area contributed by atoms with Crippen molar-refractivity contribution in [3.8, 4) is 16.9 Å². The average Bonchev–Trinajstić information content (AvgIpc) is 2.97. The Hall–Kier alpha value is -2.47. The van der Waals surface area contributed by atoms with Crippen LogP contribution in [0.3, 0.4) is 0 Å². The molecule has 0 saturated carbocycles. The zero-order valence-corrected chi connectivity index (χ0v) is 13.1. The highest BCUT2D eigenvalue weighted by molar-refractivity contribution is 7.90. The molecule has 0 aliphatic heterocycles. The minimum Gasteiger partial charge on any atom is -0.297 e. The summed E-state index contributed by atoms with van der Waals surface area (Å²) in [5.41, 5.74) is 3.92. The fourth-order valence-corrected chi connectivity index (χ4v) is 2.73. The van der Waals surface area contributed by atoms with Gasteiger partial charge in [-0.15, -0.1) is 0 Å². The molecule has 0 aliphatic carbocycles. The Bertz CT molecular complexity index is 895. The fraction of sp³-hybridized carbons (Fsp3) is 0.125. The predicted molar refractivity (Wildman–Crippen MR) is 84.6 cm³/mol. The number of hydrogen-bond donors (Lipinski definition) is 0. The van der Waals surface area contributed by atoms with Gasteiger partial charge in [0.05, 0.1) is 30.1 Å². The van der Waals surface area contributed by atoms with E-state index >= 15 is 0 Å². The van der Waals surface area contributed by atoms with Crippen molar-refractivity contribution in [3.05, 3.63) is 60.7 Å². The minimum atomic E-state index is -3.29. The van der Waals surface area contributed by atoms with E-state index in [-0.39, 0.29) is 5.03 Å². The summed E-state index contributed by atoms with van der Waals surface area (Å²) in [5.74, 6) is 0. The number of benzene rings is 1. The molecule has 0 amide bonds. The number of aromatic nitrogens is 3. The van der Waals surface area contributed by atoms with Gasteiger partial charge < -0.3 is 0 Å². The van der Waals surface area contributed by atoms with Gasteiger partial charge in [0.1, 0.15) is 0 Å². The molecule has 2 heterocycles. The lowest BCUT2D eigenvalue weighted by atomic mass is 10.1. The average molecular weight is 313 g/mol. The Labute approximate surface area is 129 Å². The van der Waals surface area contributed by atoms with E-state index in [1.807, 2.05) is 35.8 Å². The van der Waals surface area contributed by atoms with Gasteiger partial charge in [0, 0.05) is 11.8 Å². The van der Waals surface area contributed by atoms with Gasteiger partial charge in [0.2, 0.25) is 0 Å². The Balaban J connectivity index is 2.03. The number of hydrogen-bond acceptors (Lipinski definition) is 4. The Morgan fingerprint density at radius 3 is 2.32 bits per heavy atom. The van der Waals surface area contributed by atoms with E-state index in [0.29, 0.717) is 0 Å². The van der Waals surface area contributed by atoms with E-state index in [9.17, 15) is 8.42 Å². The van der Waals surface area contributed by atoms with Crippen molar-refractivity contribution < 1.29 is 8.42 Å². The van der Waals surface area contributed by atoms with Crippen molar-refractivity contribution in [2.45, 2.75) is 11.9 Å². The smallest absolute Gasteiger partial charge is 0.192 e. The molecular weight excluding hydrogens is 298 g/mol. The molecule has 3 rings (SSSR count). The van der Waals surface area contributed by atoms with Crippen molar-refractivity contribution in [2.24, 2.45) is 0 Å². The zero-order valence-electron chi connectivity index (χ0n) is 12.3. The molecule has 0 spiro atoms. The van der Waals surface area contributed by atoms with E-state index in [2.05, 4.69) is 9.97 Å². The lowest BCUT2D eigenvalue weighted by Crippen LogP contribution is -2.02. The second-order valence-corrected chi connectivity index (χ2v) is 7.10. The van der Waals surface area contributed by atoms with Crippen LogP contribution in [0.2, 0.25) is 0 Å². The standard InChI is InChI=1S/C16H15N3O2S/c1-12-3-5-13(6-4-12)15-10-17-11-19(15)14-7-8-16(18-9-14)22(2,20)21/h3-11H,1-2H3. The van der Waals surface area contributed by atoms with Crippen LogP contribution in [-0.2, 0) is 9.84 Å². The van der Waals surface area contributed by atoms with Crippen LogP contribution >= 0.6 is 0 Å². The predicted octanol–water partition coefficient (Wildman–Crippen LogP) is 2.65. The van der Waals surface area contributed by atoms with Crippen LogP contribution in [-0.4, -0.2) is 29.2 Å². The van der Waals surface area contributed by atoms with Crippen molar-refractivity contribution in [2.75, 3.05) is 6.26 Å². The molecule has 0 saturated heterocycles. The maximum absolute atomic E-state index is 11.5. The lowest BCUT2D eigenvalue weighted by molar-refractivity contribution is 0.598. The van der Waals surface area contributed by atoms with Crippen molar-refractivity contribution >= 4 is 9.84 Å². The van der Waals surface area contributed by atoms with Crippen LogP contribution in [0.5, 0.6) is 0 Å². The summed E-state index contributed by atoms with van der Waals surface area (Å²) in [6, 6.07) is 11.4. The molecule has 0 aliphatic rings. The molecule has 112 valence electrons. The highest BCUT2D eigenvalue weighted by Crippen LogP contribution is 2.23. The molecule has 6 heteroatoms. The summed E-state index contributed by atoms with van der Waals surface area (Å²) in [6.45, 7) is 2.04. The first-order valence-corrected chi connectivity index (χ1v) is 8.60. The third-order valence-corrected chi connectivity index (χ3v) is 4.37. The molecule has 0 N–H and O–H groups in total. The van der Waals surface area contributed by atoms with E-state index in [4.69, 9.17) is 0 Å². The van der Waals surface area contributed by atoms with Gasteiger partial charge in [0.15, 0.2) is 14.9 Å². The summed E-state index contributed by atoms with van der Waals surface area (Å²) in [6.07, 6.45) is 6.14. The molecule has 5 nitrogen and oxygen atoms in total. The first-order valence-electron chi connectivity index (χ1n) is 6.71. The number of pyridine rings is 1. The molecule has 1 aromatic carbocycles. The summed E-state index contributed by atoms with van der Waals surface area (Å²) >= 11 is 0. The third kappa shape index (κ3) is 2.78. The number of nitrogens with zero attached hydrogens (tertiary/aromatic N) is 3. The zero-order chi connectivity index (χ0) is 15.7. The van der Waals surface area contributed by atoms with Gasteiger partial charge in [0.25, 0.3) is 0 Å². The SMILES string of the molecule is Cc1ccc(-c2cncn2-c2ccc(S(C)(=O)=O)nc2)cc1. The Morgan fingerprint density at radius 2 is 1.73 bits per heavy atom. The van der Waals surface area contributed by atoms with Gasteiger partial charge in [-0.25, -0.2) is 18.4 Å². The largest absolute Gasteiger partial charge is 0.297 e. The third-order valence-electron chi connectivity index (χ3n) is 3.36. The molecule has 0 radical (unpaired) electrons. The highest BCUT2D eigenvalue weighted by atomic mass is 32.2. The topological polar surface area (TPSA) is 64.8 Å². The van der Waals surface area contributed by atoms with E-state index in [1.54, 1.807) is 18.6 Å². The van der Waals surface area contributed by atoms with Gasteiger partial charge in [-0.2, -0.15) is 0 Å². The van der Waals surface area contributed by atoms with Crippen LogP contribution in [0.15, 0.2) is 60.1 Å². The van der Waals surface area contributed by atoms with Crippen LogP contribution in [0, 0.1) is 6.92 Å². The maximum atomic E-state index is 11.5. The van der Waals surface area contributed by atoms with Gasteiger partial charge >= 0.3 is 0 Å². The number of imidazole rings is 1. The molecular formula is C16H15N3O2S. The lowest BCUT2D eigenvalue weighted by Gasteiger charge is -2.08. The molecule has 0 fully saturated rings. The summed E-state index contributed by atoms with van der Waals surface area (Å²) in [5, 5.41) is 0.0632. The van der Waals surface area contributed by atoms with Crippen molar-refractivity contribution in [3.63, 3.8) is 0 Å². The maximum Gasteiger partial charge on any atom is 0.192 e. The molecule has 0 unspecified atom stereocenters. The highest BCUT2D eigenvalue weighted by Gasteiger charge is 2.11. The van der Waals surface area contributed by atoms with Crippen LogP contribution in [0.25, 0.3) is 16.9 Å². The summed E-state index contributed by atoms with van der Waals surface area (Å²) < 4.78 is 24.8. The summed E-state index contributed by atoms with van der Waals surface area (Å²) in [7, 11) is -3.29. The Kier molecular flexibility index (Phi) is 3.54. The van der Waals surface area contributed by atoms with Crippen molar-refractivity contribution in [1.29, 1.82) is 0 Å². The monoisotopic (exact) mass is 313 g/mol. The minimum absolute atomic E-state index is 0.0632. The van der Waals surface area contributed by atoms with Gasteiger partial charge in [-0.1, -0.05) is 29.8 Å².